The summed E-state index contributed by atoms with van der Waals surface area (Å²) in [5, 5.41) is 10.9. The molecule has 1 aliphatic heterocycles. The molecule has 4 nitrogen and oxygen atoms in total. The van der Waals surface area contributed by atoms with Crippen LogP contribution in [0, 0.1) is 11.3 Å². The fourth-order valence-corrected chi connectivity index (χ4v) is 2.87. The molecule has 0 spiro atoms. The van der Waals surface area contributed by atoms with E-state index in [4.69, 9.17) is 5.26 Å². The fraction of sp³-hybridized carbons (Fsp3) is 0.250. The Hall–Kier alpha value is -2.59. The smallest absolute Gasteiger partial charge is 0.288 e. The van der Waals surface area contributed by atoms with Crippen LogP contribution in [0.5, 0.6) is 0 Å². The average molecular weight is 319 g/mol. The summed E-state index contributed by atoms with van der Waals surface area (Å²) in [6.45, 7) is -0.0165. The second-order valence-corrected chi connectivity index (χ2v) is 5.28. The highest BCUT2D eigenvalue weighted by molar-refractivity contribution is 5.91. The monoisotopic (exact) mass is 319 g/mol. The van der Waals surface area contributed by atoms with E-state index in [1.165, 1.54) is 12.1 Å². The molecule has 1 atom stereocenters. The van der Waals surface area contributed by atoms with Gasteiger partial charge < -0.3 is 0 Å². The molecule has 0 bridgehead atoms. The number of nitriles is 1. The van der Waals surface area contributed by atoms with Gasteiger partial charge in [0, 0.05) is 13.0 Å². The molecule has 0 saturated carbocycles. The number of alkyl halides is 3. The first-order chi connectivity index (χ1) is 10.9. The number of carbonyl (C=O) groups excluding carboxylic acids is 1. The summed E-state index contributed by atoms with van der Waals surface area (Å²) in [5.41, 5.74) is 2.60. The van der Waals surface area contributed by atoms with E-state index in [1.54, 1.807) is 24.3 Å². The zero-order chi connectivity index (χ0) is 16.6. The molecule has 118 valence electrons. The van der Waals surface area contributed by atoms with E-state index in [0.29, 0.717) is 16.3 Å². The largest absolute Gasteiger partial charge is 0.409 e. The highest BCUT2D eigenvalue weighted by atomic mass is 19.4. The molecule has 1 unspecified atom stereocenters. The van der Waals surface area contributed by atoms with E-state index < -0.39 is 18.1 Å². The van der Waals surface area contributed by atoms with Crippen molar-refractivity contribution < 1.29 is 18.0 Å². The molecular formula is C16H12F3N3O. The lowest BCUT2D eigenvalue weighted by atomic mass is 9.95. The van der Waals surface area contributed by atoms with E-state index in [2.05, 4.69) is 5.43 Å². The third kappa shape index (κ3) is 2.73. The van der Waals surface area contributed by atoms with E-state index >= 15 is 0 Å². The molecule has 0 aromatic heterocycles. The lowest BCUT2D eigenvalue weighted by Crippen LogP contribution is -2.43. The number of fused-ring (bicyclic) bond motifs is 1. The summed E-state index contributed by atoms with van der Waals surface area (Å²) in [4.78, 5) is 11.3. The van der Waals surface area contributed by atoms with Crippen LogP contribution in [-0.4, -0.2) is 23.6 Å². The molecule has 7 heteroatoms. The van der Waals surface area contributed by atoms with Crippen molar-refractivity contribution >= 4 is 16.7 Å². The number of benzene rings is 2. The molecule has 0 radical (unpaired) electrons. The molecule has 3 rings (SSSR count). The highest BCUT2D eigenvalue weighted by Gasteiger charge is 2.47. The Morgan fingerprint density at radius 3 is 2.43 bits per heavy atom. The van der Waals surface area contributed by atoms with E-state index in [0.717, 1.165) is 5.01 Å². The van der Waals surface area contributed by atoms with Crippen LogP contribution in [0.2, 0.25) is 0 Å². The quantitative estimate of drug-likeness (QED) is 0.925. The van der Waals surface area contributed by atoms with E-state index in [-0.39, 0.29) is 18.5 Å². The Morgan fingerprint density at radius 2 is 1.87 bits per heavy atom. The van der Waals surface area contributed by atoms with Crippen molar-refractivity contribution in [1.82, 2.24) is 10.4 Å². The Labute approximate surface area is 130 Å². The molecule has 1 heterocycles. The van der Waals surface area contributed by atoms with Gasteiger partial charge in [-0.15, -0.1) is 0 Å². The normalized spacial score (nSPS) is 17.0. The predicted molar refractivity (Wildman–Crippen MR) is 76.9 cm³/mol. The summed E-state index contributed by atoms with van der Waals surface area (Å²) in [5.74, 6) is -0.433. The molecule has 1 amide bonds. The van der Waals surface area contributed by atoms with Gasteiger partial charge in [-0.1, -0.05) is 30.3 Å². The number of nitrogens with zero attached hydrogens (tertiary/aromatic N) is 2. The van der Waals surface area contributed by atoms with Crippen molar-refractivity contribution in [1.29, 1.82) is 5.26 Å². The number of nitrogens with one attached hydrogen (secondary N) is 1. The minimum Gasteiger partial charge on any atom is -0.288 e. The Morgan fingerprint density at radius 1 is 1.17 bits per heavy atom. The van der Waals surface area contributed by atoms with Gasteiger partial charge in [-0.3, -0.25) is 10.2 Å². The lowest BCUT2D eigenvalue weighted by molar-refractivity contribution is -0.190. The minimum absolute atomic E-state index is 0.0165. The minimum atomic E-state index is -4.56. The van der Waals surface area contributed by atoms with Gasteiger partial charge in [0.2, 0.25) is 5.91 Å². The van der Waals surface area contributed by atoms with Gasteiger partial charge in [0.25, 0.3) is 0 Å². The summed E-state index contributed by atoms with van der Waals surface area (Å²) in [6, 6.07) is 9.20. The Bertz CT molecular complexity index is 810. The molecular weight excluding hydrogens is 307 g/mol. The van der Waals surface area contributed by atoms with Crippen molar-refractivity contribution in [2.75, 3.05) is 6.54 Å². The number of carbonyl (C=O) groups is 1. The molecule has 2 aromatic rings. The topological polar surface area (TPSA) is 56.1 Å². The second kappa shape index (κ2) is 5.56. The molecule has 2 aromatic carbocycles. The number of rotatable bonds is 2. The summed E-state index contributed by atoms with van der Waals surface area (Å²) < 4.78 is 40.9. The van der Waals surface area contributed by atoms with E-state index in [9.17, 15) is 18.0 Å². The van der Waals surface area contributed by atoms with Crippen LogP contribution in [-0.2, 0) is 4.79 Å². The molecule has 0 aliphatic carbocycles. The Kier molecular flexibility index (Phi) is 3.70. The average Bonchev–Trinajstić information content (AvgIpc) is 2.92. The maximum Gasteiger partial charge on any atom is 0.409 e. The summed E-state index contributed by atoms with van der Waals surface area (Å²) in [7, 11) is 0. The Balaban J connectivity index is 2.19. The van der Waals surface area contributed by atoms with Gasteiger partial charge in [-0.05, 0) is 22.4 Å². The SMILES string of the molecule is N#Cc1ccc(C(N2CCC(=O)N2)C(F)(F)F)c2ccccc12. The first-order valence-corrected chi connectivity index (χ1v) is 6.96. The number of hydrogen-bond acceptors (Lipinski definition) is 3. The van der Waals surface area contributed by atoms with Crippen LogP contribution < -0.4 is 5.43 Å². The van der Waals surface area contributed by atoms with Gasteiger partial charge in [0.1, 0.15) is 0 Å². The van der Waals surface area contributed by atoms with Crippen LogP contribution in [0.4, 0.5) is 13.2 Å². The van der Waals surface area contributed by atoms with Gasteiger partial charge in [-0.25, -0.2) is 5.01 Å². The fourth-order valence-electron chi connectivity index (χ4n) is 2.87. The van der Waals surface area contributed by atoms with Gasteiger partial charge in [0.15, 0.2) is 6.04 Å². The van der Waals surface area contributed by atoms with Gasteiger partial charge >= 0.3 is 6.18 Å². The number of hydrazine groups is 1. The number of halogens is 3. The predicted octanol–water partition coefficient (Wildman–Crippen LogP) is 3.05. The standard InChI is InChI=1S/C16H12F3N3O/c17-16(18,19)15(22-8-7-14(23)21-22)13-6-5-10(9-20)11-3-1-2-4-12(11)13/h1-6,15H,7-8H2,(H,21,23). The van der Waals surface area contributed by atoms with Crippen LogP contribution in [0.1, 0.15) is 23.6 Å². The van der Waals surface area contributed by atoms with Crippen LogP contribution in [0.15, 0.2) is 36.4 Å². The van der Waals surface area contributed by atoms with Crippen molar-refractivity contribution in [2.24, 2.45) is 0 Å². The highest BCUT2D eigenvalue weighted by Crippen LogP contribution is 2.41. The maximum absolute atomic E-state index is 13.6. The third-order valence-electron chi connectivity index (χ3n) is 3.84. The summed E-state index contributed by atoms with van der Waals surface area (Å²) in [6.07, 6.45) is -4.53. The first-order valence-electron chi connectivity index (χ1n) is 6.96. The van der Waals surface area contributed by atoms with Crippen LogP contribution >= 0.6 is 0 Å². The molecule has 23 heavy (non-hydrogen) atoms. The van der Waals surface area contributed by atoms with Crippen molar-refractivity contribution in [3.05, 3.63) is 47.5 Å². The first kappa shape index (κ1) is 15.3. The maximum atomic E-state index is 13.6. The molecule has 1 saturated heterocycles. The van der Waals surface area contributed by atoms with Crippen molar-refractivity contribution in [2.45, 2.75) is 18.6 Å². The molecule has 1 fully saturated rings. The summed E-state index contributed by atoms with van der Waals surface area (Å²) >= 11 is 0. The number of amides is 1. The lowest BCUT2D eigenvalue weighted by Gasteiger charge is -2.30. The van der Waals surface area contributed by atoms with Crippen molar-refractivity contribution in [3.63, 3.8) is 0 Å². The van der Waals surface area contributed by atoms with E-state index in [1.807, 2.05) is 6.07 Å². The number of hydrogen-bond donors (Lipinski definition) is 1. The van der Waals surface area contributed by atoms with Crippen molar-refractivity contribution in [3.8, 4) is 6.07 Å². The zero-order valence-electron chi connectivity index (χ0n) is 11.9. The van der Waals surface area contributed by atoms with Crippen LogP contribution in [0.3, 0.4) is 0 Å². The molecule has 1 aliphatic rings. The van der Waals surface area contributed by atoms with Gasteiger partial charge in [-0.2, -0.15) is 18.4 Å². The zero-order valence-corrected chi connectivity index (χ0v) is 11.9. The second-order valence-electron chi connectivity index (χ2n) is 5.28. The third-order valence-corrected chi connectivity index (χ3v) is 3.84. The van der Waals surface area contributed by atoms with Gasteiger partial charge in [0.05, 0.1) is 11.6 Å². The molecule has 1 N–H and O–H groups in total. The van der Waals surface area contributed by atoms with Crippen LogP contribution in [0.25, 0.3) is 10.8 Å².